The molecule has 0 N–H and O–H groups in total. The van der Waals surface area contributed by atoms with Crippen molar-refractivity contribution in [3.8, 4) is 17.2 Å². The van der Waals surface area contributed by atoms with Crippen LogP contribution in [0, 0.1) is 0 Å². The first-order valence-electron chi connectivity index (χ1n) is 10.4. The predicted octanol–water partition coefficient (Wildman–Crippen LogP) is 2.80. The Labute approximate surface area is 192 Å². The molecular weight excluding hydrogens is 456 g/mol. The van der Waals surface area contributed by atoms with Crippen molar-refractivity contribution in [2.24, 2.45) is 0 Å². The Morgan fingerprint density at radius 1 is 1.19 bits per heavy atom. The number of rotatable bonds is 7. The van der Waals surface area contributed by atoms with Crippen molar-refractivity contribution < 1.29 is 27.4 Å². The van der Waals surface area contributed by atoms with E-state index >= 15 is 0 Å². The van der Waals surface area contributed by atoms with Crippen molar-refractivity contribution in [1.29, 1.82) is 0 Å². The lowest BCUT2D eigenvalue weighted by atomic mass is 10.2. The van der Waals surface area contributed by atoms with Crippen LogP contribution in [0.25, 0.3) is 0 Å². The third-order valence-corrected chi connectivity index (χ3v) is 7.72. The number of carbonyl (C=O) groups is 1. The average molecular weight is 481 g/mol. The zero-order chi connectivity index (χ0) is 22.7. The van der Waals surface area contributed by atoms with Crippen LogP contribution in [0.2, 0.25) is 5.02 Å². The molecule has 172 valence electrons. The van der Waals surface area contributed by atoms with Gasteiger partial charge in [0.25, 0.3) is 0 Å². The molecule has 1 unspecified atom stereocenters. The van der Waals surface area contributed by atoms with Crippen molar-refractivity contribution in [3.63, 3.8) is 0 Å². The maximum absolute atomic E-state index is 13.3. The van der Waals surface area contributed by atoms with Gasteiger partial charge in [-0.1, -0.05) is 23.7 Å². The highest BCUT2D eigenvalue weighted by atomic mass is 35.5. The smallest absolute Gasteiger partial charge is 0.243 e. The fourth-order valence-electron chi connectivity index (χ4n) is 3.81. The SMILES string of the molecule is CN(CCOc1ccccc1Cl)C(=O)C1CCCN1S(=O)(=O)c1ccc2c(c1)OCCO2. The molecule has 0 spiro atoms. The van der Waals surface area contributed by atoms with E-state index in [2.05, 4.69) is 0 Å². The number of hydrogen-bond acceptors (Lipinski definition) is 6. The molecule has 2 heterocycles. The van der Waals surface area contributed by atoms with Gasteiger partial charge in [0.15, 0.2) is 11.5 Å². The molecule has 1 saturated heterocycles. The van der Waals surface area contributed by atoms with Gasteiger partial charge >= 0.3 is 0 Å². The second-order valence-corrected chi connectivity index (χ2v) is 9.92. The Bertz CT molecular complexity index is 1090. The van der Waals surface area contributed by atoms with Crippen LogP contribution in [0.1, 0.15) is 12.8 Å². The van der Waals surface area contributed by atoms with E-state index in [0.29, 0.717) is 54.9 Å². The van der Waals surface area contributed by atoms with Gasteiger partial charge in [-0.05, 0) is 37.1 Å². The number of likely N-dealkylation sites (N-methyl/N-ethyl adjacent to an activating group) is 1. The summed E-state index contributed by atoms with van der Waals surface area (Å²) in [6, 6.07) is 10.9. The van der Waals surface area contributed by atoms with Crippen LogP contribution in [0.5, 0.6) is 17.2 Å². The molecule has 4 rings (SSSR count). The molecule has 2 aromatic carbocycles. The summed E-state index contributed by atoms with van der Waals surface area (Å²) in [5.74, 6) is 1.20. The number of fused-ring (bicyclic) bond motifs is 1. The summed E-state index contributed by atoms with van der Waals surface area (Å²) in [6.45, 7) is 1.62. The standard InChI is InChI=1S/C22H25ClN2O6S/c1-24(11-12-29-19-7-3-2-5-17(19)23)22(26)18-6-4-10-25(18)32(27,28)16-8-9-20-21(15-16)31-14-13-30-20/h2-3,5,7-9,15,18H,4,6,10-14H2,1H3. The van der Waals surface area contributed by atoms with E-state index in [1.807, 2.05) is 12.1 Å². The van der Waals surface area contributed by atoms with E-state index in [-0.39, 0.29) is 24.0 Å². The van der Waals surface area contributed by atoms with Crippen molar-refractivity contribution in [2.75, 3.05) is 40.0 Å². The van der Waals surface area contributed by atoms with E-state index in [1.165, 1.54) is 21.3 Å². The molecule has 1 fully saturated rings. The van der Waals surface area contributed by atoms with Gasteiger partial charge in [0.05, 0.1) is 16.5 Å². The van der Waals surface area contributed by atoms with Crippen LogP contribution in [0.4, 0.5) is 0 Å². The van der Waals surface area contributed by atoms with Gasteiger partial charge in [-0.25, -0.2) is 8.42 Å². The molecular formula is C22H25ClN2O6S. The van der Waals surface area contributed by atoms with Gasteiger partial charge in [0, 0.05) is 19.7 Å². The van der Waals surface area contributed by atoms with Crippen molar-refractivity contribution in [2.45, 2.75) is 23.8 Å². The second-order valence-electron chi connectivity index (χ2n) is 7.62. The zero-order valence-electron chi connectivity index (χ0n) is 17.7. The molecule has 0 aromatic heterocycles. The highest BCUT2D eigenvalue weighted by Crippen LogP contribution is 2.35. The van der Waals surface area contributed by atoms with E-state index in [0.717, 1.165) is 0 Å². The van der Waals surface area contributed by atoms with Gasteiger partial charge in [-0.15, -0.1) is 0 Å². The minimum absolute atomic E-state index is 0.0890. The first kappa shape index (κ1) is 22.7. The summed E-state index contributed by atoms with van der Waals surface area (Å²) in [5.41, 5.74) is 0. The predicted molar refractivity (Wildman–Crippen MR) is 119 cm³/mol. The number of para-hydroxylation sites is 1. The molecule has 2 aliphatic heterocycles. The topological polar surface area (TPSA) is 85.4 Å². The van der Waals surface area contributed by atoms with Crippen LogP contribution < -0.4 is 14.2 Å². The van der Waals surface area contributed by atoms with Crippen molar-refractivity contribution in [1.82, 2.24) is 9.21 Å². The van der Waals surface area contributed by atoms with Gasteiger partial charge in [0.1, 0.15) is 31.6 Å². The normalized spacial score (nSPS) is 18.4. The van der Waals surface area contributed by atoms with Gasteiger partial charge in [-0.2, -0.15) is 4.31 Å². The van der Waals surface area contributed by atoms with Crippen molar-refractivity contribution >= 4 is 27.5 Å². The number of amides is 1. The number of nitrogens with zero attached hydrogens (tertiary/aromatic N) is 2. The Morgan fingerprint density at radius 3 is 2.72 bits per heavy atom. The van der Waals surface area contributed by atoms with E-state index in [1.54, 1.807) is 25.2 Å². The Hall–Kier alpha value is -2.49. The highest BCUT2D eigenvalue weighted by molar-refractivity contribution is 7.89. The Kier molecular flexibility index (Phi) is 6.78. The maximum atomic E-state index is 13.3. The molecule has 2 aromatic rings. The van der Waals surface area contributed by atoms with E-state index < -0.39 is 16.1 Å². The summed E-state index contributed by atoms with van der Waals surface area (Å²) < 4.78 is 44.6. The summed E-state index contributed by atoms with van der Waals surface area (Å²) in [4.78, 5) is 14.7. The Morgan fingerprint density at radius 2 is 1.94 bits per heavy atom. The quantitative estimate of drug-likeness (QED) is 0.605. The average Bonchev–Trinajstić information content (AvgIpc) is 3.30. The summed E-state index contributed by atoms with van der Waals surface area (Å²) >= 11 is 6.08. The first-order valence-corrected chi connectivity index (χ1v) is 12.2. The molecule has 2 aliphatic rings. The van der Waals surface area contributed by atoms with E-state index in [9.17, 15) is 13.2 Å². The highest BCUT2D eigenvalue weighted by Gasteiger charge is 2.40. The third kappa shape index (κ3) is 4.65. The van der Waals surface area contributed by atoms with E-state index in [4.69, 9.17) is 25.8 Å². The van der Waals surface area contributed by atoms with Crippen LogP contribution in [0.15, 0.2) is 47.4 Å². The molecule has 8 nitrogen and oxygen atoms in total. The molecule has 0 bridgehead atoms. The Balaban J connectivity index is 1.43. The molecule has 32 heavy (non-hydrogen) atoms. The summed E-state index contributed by atoms with van der Waals surface area (Å²) in [6.07, 6.45) is 1.09. The van der Waals surface area contributed by atoms with Gasteiger partial charge in [-0.3, -0.25) is 4.79 Å². The van der Waals surface area contributed by atoms with Crippen LogP contribution in [-0.2, 0) is 14.8 Å². The number of ether oxygens (including phenoxy) is 3. The molecule has 0 aliphatic carbocycles. The first-order chi connectivity index (χ1) is 15.4. The molecule has 1 atom stereocenters. The number of benzene rings is 2. The second kappa shape index (κ2) is 9.56. The number of hydrogen-bond donors (Lipinski definition) is 0. The minimum Gasteiger partial charge on any atom is -0.490 e. The number of halogens is 1. The summed E-state index contributed by atoms with van der Waals surface area (Å²) in [5, 5.41) is 0.494. The third-order valence-electron chi connectivity index (χ3n) is 5.51. The molecule has 0 radical (unpaired) electrons. The minimum atomic E-state index is -3.87. The lowest BCUT2D eigenvalue weighted by Gasteiger charge is -2.28. The van der Waals surface area contributed by atoms with Crippen molar-refractivity contribution in [3.05, 3.63) is 47.5 Å². The summed E-state index contributed by atoms with van der Waals surface area (Å²) in [7, 11) is -2.22. The monoisotopic (exact) mass is 480 g/mol. The van der Waals surface area contributed by atoms with Crippen LogP contribution >= 0.6 is 11.6 Å². The van der Waals surface area contributed by atoms with Gasteiger partial charge < -0.3 is 19.1 Å². The van der Waals surface area contributed by atoms with Crippen LogP contribution in [0.3, 0.4) is 0 Å². The lowest BCUT2D eigenvalue weighted by molar-refractivity contribution is -0.133. The molecule has 0 saturated carbocycles. The maximum Gasteiger partial charge on any atom is 0.243 e. The molecule has 10 heteroatoms. The number of sulfonamides is 1. The fraction of sp³-hybridized carbons (Fsp3) is 0.409. The zero-order valence-corrected chi connectivity index (χ0v) is 19.3. The lowest BCUT2D eigenvalue weighted by Crippen LogP contribution is -2.47. The van der Waals surface area contributed by atoms with Crippen LogP contribution in [-0.4, -0.2) is 69.5 Å². The van der Waals surface area contributed by atoms with Gasteiger partial charge in [0.2, 0.25) is 15.9 Å². The fourth-order valence-corrected chi connectivity index (χ4v) is 5.67. The largest absolute Gasteiger partial charge is 0.490 e. The number of carbonyl (C=O) groups excluding carboxylic acids is 1. The molecule has 1 amide bonds.